The molecule has 0 spiro atoms. The predicted molar refractivity (Wildman–Crippen MR) is 162 cm³/mol. The van der Waals surface area contributed by atoms with Gasteiger partial charge in [-0.15, -0.1) is 0 Å². The normalized spacial score (nSPS) is 20.3. The largest absolute Gasteiger partial charge is 0.496 e. The summed E-state index contributed by atoms with van der Waals surface area (Å²) in [5, 5.41) is 0.812. The van der Waals surface area contributed by atoms with Crippen LogP contribution in [0, 0.1) is 17.8 Å². The summed E-state index contributed by atoms with van der Waals surface area (Å²) in [6, 6.07) is 11.3. The standard InChI is InChI=1S/C32H37N7O3/c1-19(27-22-16-39(17-23(22)27)26(40)10-8-14-37(2)3)30-28(29-31(33)35-18-36-32(29)38(30)4)21-12-11-20(15-24(21)41-5)42-25-9-6-7-13-34-25/h6-13,15,18-19,22-23,27H,14,16-17H2,1-5H3,(H2,33,35,36)/b10-8+/t19?,22-,23+,27?. The third-order valence-corrected chi connectivity index (χ3v) is 8.66. The molecule has 4 aromatic rings. The number of hydrogen-bond donors (Lipinski definition) is 1. The van der Waals surface area contributed by atoms with Crippen LogP contribution >= 0.6 is 0 Å². The van der Waals surface area contributed by atoms with Crippen LogP contribution in [0.4, 0.5) is 5.82 Å². The van der Waals surface area contributed by atoms with Crippen LogP contribution in [0.25, 0.3) is 22.2 Å². The van der Waals surface area contributed by atoms with E-state index >= 15 is 0 Å². The number of likely N-dealkylation sites (tertiary alicyclic amines) is 1. The number of aryl methyl sites for hydroxylation is 1. The van der Waals surface area contributed by atoms with Crippen molar-refractivity contribution in [2.24, 2.45) is 24.8 Å². The van der Waals surface area contributed by atoms with E-state index in [0.29, 0.717) is 41.0 Å². The summed E-state index contributed by atoms with van der Waals surface area (Å²) in [6.07, 6.45) is 6.84. The van der Waals surface area contributed by atoms with Gasteiger partial charge in [0, 0.05) is 73.8 Å². The third-order valence-electron chi connectivity index (χ3n) is 8.66. The van der Waals surface area contributed by atoms with Gasteiger partial charge >= 0.3 is 0 Å². The van der Waals surface area contributed by atoms with Crippen molar-refractivity contribution in [1.29, 1.82) is 0 Å². The van der Waals surface area contributed by atoms with Gasteiger partial charge in [0.2, 0.25) is 11.8 Å². The lowest BCUT2D eigenvalue weighted by Crippen LogP contribution is -2.31. The average molecular weight is 568 g/mol. The van der Waals surface area contributed by atoms with Gasteiger partial charge in [0.15, 0.2) is 0 Å². The fraction of sp³-hybridized carbons (Fsp3) is 0.375. The Hall–Kier alpha value is -4.44. The van der Waals surface area contributed by atoms with Crippen molar-refractivity contribution in [2.45, 2.75) is 12.8 Å². The fourth-order valence-corrected chi connectivity index (χ4v) is 6.71. The Morgan fingerprint density at radius 2 is 1.95 bits per heavy atom. The minimum atomic E-state index is 0.0987. The van der Waals surface area contributed by atoms with Gasteiger partial charge in [0.25, 0.3) is 0 Å². The molecule has 1 saturated heterocycles. The van der Waals surface area contributed by atoms with E-state index in [0.717, 1.165) is 47.5 Å². The minimum absolute atomic E-state index is 0.0987. The van der Waals surface area contributed by atoms with Gasteiger partial charge < -0.3 is 29.6 Å². The molecule has 10 heteroatoms. The quantitative estimate of drug-likeness (QED) is 0.298. The molecule has 4 heterocycles. The zero-order chi connectivity index (χ0) is 29.5. The van der Waals surface area contributed by atoms with Crippen molar-refractivity contribution < 1.29 is 14.3 Å². The van der Waals surface area contributed by atoms with E-state index in [1.54, 1.807) is 19.4 Å². The smallest absolute Gasteiger partial charge is 0.246 e. The first-order valence-electron chi connectivity index (χ1n) is 14.2. The van der Waals surface area contributed by atoms with Crippen molar-refractivity contribution in [3.63, 3.8) is 0 Å². The summed E-state index contributed by atoms with van der Waals surface area (Å²) in [4.78, 5) is 30.0. The molecule has 218 valence electrons. The Morgan fingerprint density at radius 1 is 1.17 bits per heavy atom. The van der Waals surface area contributed by atoms with Crippen LogP contribution < -0.4 is 15.2 Å². The predicted octanol–water partition coefficient (Wildman–Crippen LogP) is 4.34. The van der Waals surface area contributed by atoms with E-state index in [9.17, 15) is 4.79 Å². The molecule has 4 atom stereocenters. The second-order valence-corrected chi connectivity index (χ2v) is 11.5. The van der Waals surface area contributed by atoms with Crippen molar-refractivity contribution in [3.05, 3.63) is 66.8 Å². The molecule has 2 fully saturated rings. The number of ether oxygens (including phenoxy) is 2. The van der Waals surface area contributed by atoms with Crippen LogP contribution in [0.2, 0.25) is 0 Å². The lowest BCUT2D eigenvalue weighted by atomic mass is 9.91. The van der Waals surface area contributed by atoms with Crippen LogP contribution in [0.15, 0.2) is 61.1 Å². The number of fused-ring (bicyclic) bond motifs is 2. The fourth-order valence-electron chi connectivity index (χ4n) is 6.71. The summed E-state index contributed by atoms with van der Waals surface area (Å²) in [7, 11) is 7.68. The maximum atomic E-state index is 12.8. The zero-order valence-corrected chi connectivity index (χ0v) is 24.7. The van der Waals surface area contributed by atoms with Crippen molar-refractivity contribution in [3.8, 4) is 28.5 Å². The van der Waals surface area contributed by atoms with Crippen LogP contribution in [-0.4, -0.2) is 76.1 Å². The first kappa shape index (κ1) is 27.7. The summed E-state index contributed by atoms with van der Waals surface area (Å²) >= 11 is 0. The highest BCUT2D eigenvalue weighted by atomic mass is 16.5. The third kappa shape index (κ3) is 4.96. The molecule has 1 amide bonds. The van der Waals surface area contributed by atoms with E-state index in [-0.39, 0.29) is 11.8 Å². The van der Waals surface area contributed by atoms with E-state index in [1.807, 2.05) is 73.4 Å². The second-order valence-electron chi connectivity index (χ2n) is 11.5. The molecule has 10 nitrogen and oxygen atoms in total. The number of benzene rings is 1. The van der Waals surface area contributed by atoms with Crippen LogP contribution in [0.3, 0.4) is 0 Å². The Labute approximate surface area is 245 Å². The molecule has 2 unspecified atom stereocenters. The number of nitrogen functional groups attached to an aromatic ring is 1. The first-order chi connectivity index (χ1) is 20.3. The van der Waals surface area contributed by atoms with Crippen molar-refractivity contribution in [1.82, 2.24) is 29.3 Å². The number of aromatic nitrogens is 4. The zero-order valence-electron chi connectivity index (χ0n) is 24.7. The molecule has 1 saturated carbocycles. The number of nitrogens with zero attached hydrogens (tertiary/aromatic N) is 6. The highest BCUT2D eigenvalue weighted by Gasteiger charge is 2.59. The number of carbonyl (C=O) groups excluding carboxylic acids is 1. The van der Waals surface area contributed by atoms with Crippen molar-refractivity contribution >= 4 is 22.8 Å². The number of hydrogen-bond acceptors (Lipinski definition) is 8. The van der Waals surface area contributed by atoms with E-state index in [4.69, 9.17) is 15.2 Å². The van der Waals surface area contributed by atoms with Crippen LogP contribution in [-0.2, 0) is 11.8 Å². The molecule has 1 aromatic carbocycles. The van der Waals surface area contributed by atoms with Gasteiger partial charge in [-0.05, 0) is 50.0 Å². The number of piperidine rings is 1. The Kier molecular flexibility index (Phi) is 7.32. The highest BCUT2D eigenvalue weighted by molar-refractivity contribution is 6.04. The van der Waals surface area contributed by atoms with Gasteiger partial charge in [0.05, 0.1) is 12.5 Å². The number of nitrogens with two attached hydrogens (primary N) is 1. The number of methoxy groups -OCH3 is 1. The molecule has 2 aliphatic rings. The number of amides is 1. The maximum Gasteiger partial charge on any atom is 0.246 e. The topological polar surface area (TPSA) is 112 Å². The Morgan fingerprint density at radius 3 is 2.64 bits per heavy atom. The van der Waals surface area contributed by atoms with Crippen molar-refractivity contribution in [2.75, 3.05) is 46.6 Å². The lowest BCUT2D eigenvalue weighted by Gasteiger charge is -2.23. The number of likely N-dealkylation sites (N-methyl/N-ethyl adjacent to an activating group) is 1. The van der Waals surface area contributed by atoms with Crippen LogP contribution in [0.1, 0.15) is 18.5 Å². The van der Waals surface area contributed by atoms with E-state index < -0.39 is 0 Å². The summed E-state index contributed by atoms with van der Waals surface area (Å²) < 4.78 is 14.0. The summed E-state index contributed by atoms with van der Waals surface area (Å²) in [5.41, 5.74) is 10.3. The van der Waals surface area contributed by atoms with Gasteiger partial charge in [0.1, 0.15) is 29.3 Å². The first-order valence-corrected chi connectivity index (χ1v) is 14.2. The summed E-state index contributed by atoms with van der Waals surface area (Å²) in [6.45, 7) is 4.60. The molecule has 2 N–H and O–H groups in total. The monoisotopic (exact) mass is 567 g/mol. The Balaban J connectivity index is 1.32. The minimum Gasteiger partial charge on any atom is -0.496 e. The second kappa shape index (κ2) is 11.1. The molecular weight excluding hydrogens is 530 g/mol. The van der Waals surface area contributed by atoms with E-state index in [1.165, 1.54) is 6.33 Å². The molecular formula is C32H37N7O3. The molecule has 1 aliphatic heterocycles. The van der Waals surface area contributed by atoms with E-state index in [2.05, 4.69) is 26.4 Å². The summed E-state index contributed by atoms with van der Waals surface area (Å²) in [5.74, 6) is 3.90. The SMILES string of the molecule is COc1cc(Oc2ccccn2)ccc1-c1c(C(C)C2[C@H]3CN(C(=O)/C=C/CN(C)C)C[C@@H]23)n(C)c2ncnc(N)c12. The van der Waals surface area contributed by atoms with Gasteiger partial charge in [-0.2, -0.15) is 0 Å². The molecule has 0 bridgehead atoms. The Bertz CT molecular complexity index is 1640. The molecule has 42 heavy (non-hydrogen) atoms. The lowest BCUT2D eigenvalue weighted by molar-refractivity contribution is -0.125. The van der Waals surface area contributed by atoms with Gasteiger partial charge in [-0.25, -0.2) is 15.0 Å². The number of anilines is 1. The highest BCUT2D eigenvalue weighted by Crippen LogP contribution is 2.60. The number of carbonyl (C=O) groups is 1. The maximum absolute atomic E-state index is 12.8. The number of pyridine rings is 1. The molecule has 0 radical (unpaired) electrons. The average Bonchev–Trinajstić information content (AvgIpc) is 3.31. The van der Waals surface area contributed by atoms with Gasteiger partial charge in [-0.1, -0.05) is 19.1 Å². The van der Waals surface area contributed by atoms with Gasteiger partial charge in [-0.3, -0.25) is 4.79 Å². The van der Waals surface area contributed by atoms with Crippen LogP contribution in [0.5, 0.6) is 17.4 Å². The molecule has 6 rings (SSSR count). The number of rotatable bonds is 9. The molecule has 1 aliphatic carbocycles. The molecule has 3 aromatic heterocycles.